The summed E-state index contributed by atoms with van der Waals surface area (Å²) in [6.07, 6.45) is 8.00. The Kier molecular flexibility index (Phi) is 6.64. The molecule has 2 heterocycles. The van der Waals surface area contributed by atoms with Crippen LogP contribution in [0.5, 0.6) is 0 Å². The number of aliphatic hydroxyl groups is 2. The number of carbonyl (C=O) groups is 1. The van der Waals surface area contributed by atoms with Gasteiger partial charge in [0.25, 0.3) is 5.91 Å². The Morgan fingerprint density at radius 3 is 2.68 bits per heavy atom. The van der Waals surface area contributed by atoms with Crippen LogP contribution < -0.4 is 15.5 Å². The predicted octanol–water partition coefficient (Wildman–Crippen LogP) is 3.26. The van der Waals surface area contributed by atoms with Gasteiger partial charge in [0.1, 0.15) is 11.4 Å². The van der Waals surface area contributed by atoms with Gasteiger partial charge in [-0.15, -0.1) is 0 Å². The van der Waals surface area contributed by atoms with Crippen LogP contribution in [0.25, 0.3) is 0 Å². The van der Waals surface area contributed by atoms with Gasteiger partial charge in [-0.3, -0.25) is 4.79 Å². The standard InChI is InChI=1S/C25H32ClN5O3/c26-21-11-16(1-2-17(21)14-32)12-27-22-20(23(34)29-18-3-5-19(33)6-4-18)13-28-24(30-22)31-10-9-25(15-31)7-8-25/h1-2,11,13,18-19,32-33H,3-10,12,14-15H2,(H,29,34)(H,27,28,30)/t18-,19-. The lowest BCUT2D eigenvalue weighted by atomic mass is 9.93. The largest absolute Gasteiger partial charge is 0.393 e. The molecule has 4 N–H and O–H groups in total. The Balaban J connectivity index is 1.34. The van der Waals surface area contributed by atoms with E-state index in [2.05, 4.69) is 20.5 Å². The zero-order valence-electron chi connectivity index (χ0n) is 19.3. The van der Waals surface area contributed by atoms with Gasteiger partial charge in [0.15, 0.2) is 0 Å². The number of halogens is 1. The molecule has 1 aliphatic heterocycles. The number of anilines is 2. The Morgan fingerprint density at radius 1 is 1.21 bits per heavy atom. The average Bonchev–Trinajstić information content (AvgIpc) is 3.47. The van der Waals surface area contributed by atoms with Crippen molar-refractivity contribution in [2.45, 2.75) is 70.2 Å². The van der Waals surface area contributed by atoms with Gasteiger partial charge in [-0.2, -0.15) is 4.98 Å². The van der Waals surface area contributed by atoms with Crippen molar-refractivity contribution >= 4 is 29.3 Å². The monoisotopic (exact) mass is 485 g/mol. The number of nitrogens with zero attached hydrogens (tertiary/aromatic N) is 3. The molecule has 0 atom stereocenters. The number of carbonyl (C=O) groups excluding carboxylic acids is 1. The zero-order valence-corrected chi connectivity index (χ0v) is 20.0. The normalized spacial score (nSPS) is 23.2. The number of aliphatic hydroxyl groups excluding tert-OH is 2. The molecule has 182 valence electrons. The first-order chi connectivity index (χ1) is 16.4. The minimum Gasteiger partial charge on any atom is -0.393 e. The molecule has 3 fully saturated rings. The van der Waals surface area contributed by atoms with Crippen LogP contribution in [0.15, 0.2) is 24.4 Å². The maximum atomic E-state index is 13.2. The highest BCUT2D eigenvalue weighted by Crippen LogP contribution is 2.53. The molecule has 1 spiro atoms. The average molecular weight is 486 g/mol. The summed E-state index contributed by atoms with van der Waals surface area (Å²) in [6.45, 7) is 2.23. The van der Waals surface area contributed by atoms with Crippen molar-refractivity contribution in [2.24, 2.45) is 5.41 Å². The van der Waals surface area contributed by atoms with Gasteiger partial charge in [-0.05, 0) is 67.6 Å². The highest BCUT2D eigenvalue weighted by Gasteiger charge is 2.48. The summed E-state index contributed by atoms with van der Waals surface area (Å²) >= 11 is 6.25. The van der Waals surface area contributed by atoms with Crippen LogP contribution in [0, 0.1) is 5.41 Å². The maximum absolute atomic E-state index is 13.2. The Hall–Kier alpha value is -2.42. The third-order valence-corrected chi connectivity index (χ3v) is 7.83. The molecule has 9 heteroatoms. The summed E-state index contributed by atoms with van der Waals surface area (Å²) in [5.41, 5.74) is 2.46. The van der Waals surface area contributed by atoms with Crippen LogP contribution in [0.4, 0.5) is 11.8 Å². The maximum Gasteiger partial charge on any atom is 0.256 e. The van der Waals surface area contributed by atoms with Crippen molar-refractivity contribution in [3.8, 4) is 0 Å². The van der Waals surface area contributed by atoms with Gasteiger partial charge in [0.2, 0.25) is 5.95 Å². The number of nitrogens with one attached hydrogen (secondary N) is 2. The second-order valence-electron chi connectivity index (χ2n) is 10.0. The van der Waals surface area contributed by atoms with E-state index in [0.717, 1.165) is 31.5 Å². The molecule has 5 rings (SSSR count). The van der Waals surface area contributed by atoms with Crippen molar-refractivity contribution in [3.05, 3.63) is 46.1 Å². The van der Waals surface area contributed by atoms with Gasteiger partial charge >= 0.3 is 0 Å². The molecule has 1 saturated heterocycles. The first-order valence-corrected chi connectivity index (χ1v) is 12.6. The van der Waals surface area contributed by atoms with E-state index in [9.17, 15) is 15.0 Å². The molecule has 1 amide bonds. The lowest BCUT2D eigenvalue weighted by Crippen LogP contribution is -2.39. The summed E-state index contributed by atoms with van der Waals surface area (Å²) in [7, 11) is 0. The topological polar surface area (TPSA) is 111 Å². The second-order valence-corrected chi connectivity index (χ2v) is 10.4. The quantitative estimate of drug-likeness (QED) is 0.476. The Bertz CT molecular complexity index is 1050. The summed E-state index contributed by atoms with van der Waals surface area (Å²) in [6, 6.07) is 5.56. The highest BCUT2D eigenvalue weighted by molar-refractivity contribution is 6.31. The van der Waals surface area contributed by atoms with Crippen LogP contribution in [0.2, 0.25) is 5.02 Å². The van der Waals surface area contributed by atoms with Crippen LogP contribution >= 0.6 is 11.6 Å². The first-order valence-electron chi connectivity index (χ1n) is 12.2. The van der Waals surface area contributed by atoms with E-state index in [1.807, 2.05) is 12.1 Å². The van der Waals surface area contributed by atoms with Gasteiger partial charge in [-0.1, -0.05) is 23.7 Å². The number of amides is 1. The Morgan fingerprint density at radius 2 is 2.00 bits per heavy atom. The van der Waals surface area contributed by atoms with E-state index in [1.54, 1.807) is 12.3 Å². The lowest BCUT2D eigenvalue weighted by Gasteiger charge is -2.26. The van der Waals surface area contributed by atoms with Crippen LogP contribution in [-0.2, 0) is 13.2 Å². The molecular weight excluding hydrogens is 454 g/mol. The van der Waals surface area contributed by atoms with E-state index in [1.165, 1.54) is 19.3 Å². The van der Waals surface area contributed by atoms with Crippen LogP contribution in [0.1, 0.15) is 66.4 Å². The molecule has 2 aromatic rings. The number of rotatable bonds is 7. The highest BCUT2D eigenvalue weighted by atomic mass is 35.5. The van der Waals surface area contributed by atoms with E-state index < -0.39 is 0 Å². The van der Waals surface area contributed by atoms with E-state index in [4.69, 9.17) is 16.6 Å². The zero-order chi connectivity index (χ0) is 23.7. The van der Waals surface area contributed by atoms with Gasteiger partial charge in [0, 0.05) is 36.9 Å². The molecular formula is C25H32ClN5O3. The molecule has 34 heavy (non-hydrogen) atoms. The summed E-state index contributed by atoms with van der Waals surface area (Å²) in [5, 5.41) is 26.0. The fourth-order valence-corrected chi connectivity index (χ4v) is 5.28. The number of hydrogen-bond acceptors (Lipinski definition) is 7. The first kappa shape index (κ1) is 23.3. The molecule has 0 radical (unpaired) electrons. The molecule has 8 nitrogen and oxygen atoms in total. The van der Waals surface area contributed by atoms with Crippen molar-refractivity contribution in [3.63, 3.8) is 0 Å². The predicted molar refractivity (Wildman–Crippen MR) is 131 cm³/mol. The smallest absolute Gasteiger partial charge is 0.256 e. The fourth-order valence-electron chi connectivity index (χ4n) is 5.01. The van der Waals surface area contributed by atoms with E-state index in [0.29, 0.717) is 52.7 Å². The van der Waals surface area contributed by atoms with Crippen molar-refractivity contribution in [2.75, 3.05) is 23.3 Å². The minimum atomic E-state index is -0.271. The molecule has 2 aliphatic carbocycles. The molecule has 1 aromatic heterocycles. The molecule has 2 saturated carbocycles. The summed E-state index contributed by atoms with van der Waals surface area (Å²) < 4.78 is 0. The molecule has 0 bridgehead atoms. The third kappa shape index (κ3) is 5.14. The summed E-state index contributed by atoms with van der Waals surface area (Å²) in [4.78, 5) is 24.7. The van der Waals surface area contributed by atoms with Gasteiger partial charge in [-0.25, -0.2) is 4.98 Å². The summed E-state index contributed by atoms with van der Waals surface area (Å²) in [5.74, 6) is 0.943. The van der Waals surface area contributed by atoms with Crippen molar-refractivity contribution in [1.82, 2.24) is 15.3 Å². The van der Waals surface area contributed by atoms with Crippen LogP contribution in [-0.4, -0.2) is 51.3 Å². The van der Waals surface area contributed by atoms with Gasteiger partial charge < -0.3 is 25.7 Å². The number of benzene rings is 1. The van der Waals surface area contributed by atoms with E-state index in [-0.39, 0.29) is 24.7 Å². The molecule has 0 unspecified atom stereocenters. The number of hydrogen-bond donors (Lipinski definition) is 4. The van der Waals surface area contributed by atoms with Crippen molar-refractivity contribution in [1.29, 1.82) is 0 Å². The van der Waals surface area contributed by atoms with E-state index >= 15 is 0 Å². The van der Waals surface area contributed by atoms with Gasteiger partial charge in [0.05, 0.1) is 12.7 Å². The fraction of sp³-hybridized carbons (Fsp3) is 0.560. The SMILES string of the molecule is O=C(N[C@H]1CC[C@H](O)CC1)c1cnc(N2CCC3(CC3)C2)nc1NCc1ccc(CO)c(Cl)c1. The molecule has 1 aromatic carbocycles. The number of aromatic nitrogens is 2. The minimum absolute atomic E-state index is 0.0431. The Labute approximate surface area is 204 Å². The lowest BCUT2D eigenvalue weighted by molar-refractivity contribution is 0.0867. The van der Waals surface area contributed by atoms with Crippen LogP contribution in [0.3, 0.4) is 0 Å². The third-order valence-electron chi connectivity index (χ3n) is 7.48. The second kappa shape index (κ2) is 9.68. The molecule has 3 aliphatic rings. The van der Waals surface area contributed by atoms with Crippen molar-refractivity contribution < 1.29 is 15.0 Å².